The molecule has 0 saturated carbocycles. The summed E-state index contributed by atoms with van der Waals surface area (Å²) in [5.41, 5.74) is 0.144. The number of pyridine rings is 3. The van der Waals surface area contributed by atoms with Gasteiger partial charge in [-0.2, -0.15) is 0 Å². The van der Waals surface area contributed by atoms with E-state index in [0.29, 0.717) is 28.0 Å². The molecular weight excluding hydrogens is 328 g/mol. The maximum absolute atomic E-state index is 12.8. The first kappa shape index (κ1) is 15.7. The second kappa shape index (κ2) is 6.60. The van der Waals surface area contributed by atoms with Crippen LogP contribution in [0, 0.1) is 0 Å². The van der Waals surface area contributed by atoms with Crippen LogP contribution in [0.15, 0.2) is 84.0 Å². The summed E-state index contributed by atoms with van der Waals surface area (Å²) < 4.78 is 1.38. The van der Waals surface area contributed by atoms with Gasteiger partial charge in [-0.25, -0.2) is 9.97 Å². The minimum Gasteiger partial charge on any atom is -0.306 e. The molecule has 0 bridgehead atoms. The number of carbonyl (C=O) groups is 1. The molecule has 1 N–H and O–H groups in total. The lowest BCUT2D eigenvalue weighted by molar-refractivity contribution is 0.102. The molecule has 1 amide bonds. The normalized spacial score (nSPS) is 10.6. The summed E-state index contributed by atoms with van der Waals surface area (Å²) in [6.45, 7) is 0. The van der Waals surface area contributed by atoms with Crippen LogP contribution in [0.5, 0.6) is 0 Å². The highest BCUT2D eigenvalue weighted by atomic mass is 16.2. The SMILES string of the molecule is O=C(Nc1ccccn1)c1cn(-c2ccccn2)c(=O)c2ccccc12. The number of amides is 1. The number of nitrogens with one attached hydrogen (secondary N) is 1. The van der Waals surface area contributed by atoms with Gasteiger partial charge in [0.15, 0.2) is 0 Å². The van der Waals surface area contributed by atoms with E-state index < -0.39 is 0 Å². The Hall–Kier alpha value is -3.80. The Labute approximate surface area is 148 Å². The third kappa shape index (κ3) is 2.84. The molecule has 0 saturated heterocycles. The van der Waals surface area contributed by atoms with Gasteiger partial charge in [-0.05, 0) is 30.3 Å². The highest BCUT2D eigenvalue weighted by Crippen LogP contribution is 2.18. The first-order valence-corrected chi connectivity index (χ1v) is 8.02. The summed E-state index contributed by atoms with van der Waals surface area (Å²) in [5.74, 6) is 0.553. The fourth-order valence-corrected chi connectivity index (χ4v) is 2.76. The molecule has 0 aliphatic rings. The molecule has 4 aromatic rings. The Morgan fingerprint density at radius 2 is 1.54 bits per heavy atom. The van der Waals surface area contributed by atoms with Gasteiger partial charge >= 0.3 is 0 Å². The van der Waals surface area contributed by atoms with Crippen molar-refractivity contribution in [3.05, 3.63) is 95.2 Å². The average Bonchev–Trinajstić information content (AvgIpc) is 2.70. The number of rotatable bonds is 3. The van der Waals surface area contributed by atoms with Crippen molar-refractivity contribution >= 4 is 22.5 Å². The predicted molar refractivity (Wildman–Crippen MR) is 99.5 cm³/mol. The Morgan fingerprint density at radius 3 is 2.23 bits per heavy atom. The summed E-state index contributed by atoms with van der Waals surface area (Å²) in [6, 6.07) is 17.6. The predicted octanol–water partition coefficient (Wildman–Crippen LogP) is 3.03. The third-order valence-electron chi connectivity index (χ3n) is 3.97. The van der Waals surface area contributed by atoms with E-state index in [0.717, 1.165) is 0 Å². The van der Waals surface area contributed by atoms with Crippen molar-refractivity contribution in [1.82, 2.24) is 14.5 Å². The second-order valence-corrected chi connectivity index (χ2v) is 5.62. The van der Waals surface area contributed by atoms with Crippen molar-refractivity contribution in [3.63, 3.8) is 0 Å². The van der Waals surface area contributed by atoms with Crippen molar-refractivity contribution < 1.29 is 4.79 Å². The highest BCUT2D eigenvalue weighted by Gasteiger charge is 2.16. The van der Waals surface area contributed by atoms with Crippen LogP contribution in [0.1, 0.15) is 10.4 Å². The number of aromatic nitrogens is 3. The number of hydrogen-bond acceptors (Lipinski definition) is 4. The number of benzene rings is 1. The third-order valence-corrected chi connectivity index (χ3v) is 3.97. The minimum absolute atomic E-state index is 0.228. The van der Waals surface area contributed by atoms with Crippen molar-refractivity contribution in [1.29, 1.82) is 0 Å². The Bertz CT molecular complexity index is 1140. The number of anilines is 1. The van der Waals surface area contributed by atoms with Crippen LogP contribution in [-0.4, -0.2) is 20.4 Å². The molecule has 0 aliphatic carbocycles. The number of nitrogens with zero attached hydrogens (tertiary/aromatic N) is 3. The maximum Gasteiger partial charge on any atom is 0.264 e. The van der Waals surface area contributed by atoms with Crippen LogP contribution in [0.25, 0.3) is 16.6 Å². The van der Waals surface area contributed by atoms with Gasteiger partial charge in [0.2, 0.25) is 0 Å². The van der Waals surface area contributed by atoms with Crippen molar-refractivity contribution in [2.75, 3.05) is 5.32 Å². The van der Waals surface area contributed by atoms with Crippen LogP contribution in [0.4, 0.5) is 5.82 Å². The largest absolute Gasteiger partial charge is 0.306 e. The van der Waals surface area contributed by atoms with Crippen LogP contribution in [-0.2, 0) is 0 Å². The zero-order chi connectivity index (χ0) is 17.9. The van der Waals surface area contributed by atoms with Gasteiger partial charge in [0.1, 0.15) is 11.6 Å². The second-order valence-electron chi connectivity index (χ2n) is 5.62. The molecular formula is C20H14N4O2. The van der Waals surface area contributed by atoms with Crippen molar-refractivity contribution in [3.8, 4) is 5.82 Å². The van der Waals surface area contributed by atoms with Gasteiger partial charge in [-0.1, -0.05) is 30.3 Å². The fourth-order valence-electron chi connectivity index (χ4n) is 2.76. The van der Waals surface area contributed by atoms with Gasteiger partial charge in [0, 0.05) is 29.4 Å². The summed E-state index contributed by atoms with van der Waals surface area (Å²) in [4.78, 5) is 34.0. The van der Waals surface area contributed by atoms with E-state index in [1.165, 1.54) is 10.8 Å². The first-order valence-electron chi connectivity index (χ1n) is 8.02. The molecule has 1 aromatic carbocycles. The summed E-state index contributed by atoms with van der Waals surface area (Å²) in [6.07, 6.45) is 4.72. The van der Waals surface area contributed by atoms with E-state index in [-0.39, 0.29) is 11.5 Å². The van der Waals surface area contributed by atoms with Gasteiger partial charge in [0.25, 0.3) is 11.5 Å². The van der Waals surface area contributed by atoms with Crippen molar-refractivity contribution in [2.45, 2.75) is 0 Å². The molecule has 3 aromatic heterocycles. The lowest BCUT2D eigenvalue weighted by atomic mass is 10.1. The van der Waals surface area contributed by atoms with E-state index in [2.05, 4.69) is 15.3 Å². The van der Waals surface area contributed by atoms with Crippen LogP contribution in [0.2, 0.25) is 0 Å². The molecule has 0 atom stereocenters. The quantitative estimate of drug-likeness (QED) is 0.621. The summed E-state index contributed by atoms with van der Waals surface area (Å²) >= 11 is 0. The van der Waals surface area contributed by atoms with E-state index in [1.54, 1.807) is 73.1 Å². The number of fused-ring (bicyclic) bond motifs is 1. The average molecular weight is 342 g/mol. The zero-order valence-electron chi connectivity index (χ0n) is 13.7. The molecule has 3 heterocycles. The summed E-state index contributed by atoms with van der Waals surface area (Å²) in [5, 5.41) is 3.80. The summed E-state index contributed by atoms with van der Waals surface area (Å²) in [7, 11) is 0. The highest BCUT2D eigenvalue weighted by molar-refractivity contribution is 6.12. The van der Waals surface area contributed by atoms with Gasteiger partial charge in [0.05, 0.1) is 5.56 Å². The minimum atomic E-state index is -0.343. The smallest absolute Gasteiger partial charge is 0.264 e. The maximum atomic E-state index is 12.8. The monoisotopic (exact) mass is 342 g/mol. The molecule has 0 radical (unpaired) electrons. The van der Waals surface area contributed by atoms with E-state index in [4.69, 9.17) is 0 Å². The van der Waals surface area contributed by atoms with Crippen LogP contribution in [0.3, 0.4) is 0 Å². The van der Waals surface area contributed by atoms with Crippen LogP contribution < -0.4 is 10.9 Å². The molecule has 6 nitrogen and oxygen atoms in total. The topological polar surface area (TPSA) is 76.9 Å². The lowest BCUT2D eigenvalue weighted by Crippen LogP contribution is -2.23. The first-order chi connectivity index (χ1) is 12.7. The molecule has 126 valence electrons. The molecule has 0 fully saturated rings. The van der Waals surface area contributed by atoms with Crippen LogP contribution >= 0.6 is 0 Å². The molecule has 0 spiro atoms. The lowest BCUT2D eigenvalue weighted by Gasteiger charge is -2.11. The number of hydrogen-bond donors (Lipinski definition) is 1. The molecule has 0 unspecified atom stereocenters. The van der Waals surface area contributed by atoms with E-state index >= 15 is 0 Å². The van der Waals surface area contributed by atoms with Gasteiger partial charge in [-0.15, -0.1) is 0 Å². The molecule has 0 aliphatic heterocycles. The Morgan fingerprint density at radius 1 is 0.846 bits per heavy atom. The number of carbonyl (C=O) groups excluding carboxylic acids is 1. The Balaban J connectivity index is 1.90. The standard InChI is InChI=1S/C20H14N4O2/c25-19(23-17-9-3-5-11-21-17)16-13-24(18-10-4-6-12-22-18)20(26)15-8-2-1-7-14(15)16/h1-13H,(H,21,23,25). The van der Waals surface area contributed by atoms with Gasteiger partial charge < -0.3 is 5.32 Å². The van der Waals surface area contributed by atoms with E-state index in [1.807, 2.05) is 0 Å². The fraction of sp³-hybridized carbons (Fsp3) is 0. The Kier molecular flexibility index (Phi) is 3.99. The van der Waals surface area contributed by atoms with Gasteiger partial charge in [-0.3, -0.25) is 14.2 Å². The zero-order valence-corrected chi connectivity index (χ0v) is 13.7. The van der Waals surface area contributed by atoms with E-state index in [9.17, 15) is 9.59 Å². The molecule has 26 heavy (non-hydrogen) atoms. The van der Waals surface area contributed by atoms with Crippen molar-refractivity contribution in [2.24, 2.45) is 0 Å². The molecule has 6 heteroatoms. The molecule has 4 rings (SSSR count).